The second kappa shape index (κ2) is 26.6. The third-order valence-corrected chi connectivity index (χ3v) is 14.6. The molecule has 0 N–H and O–H groups in total. The molecule has 10 nitrogen and oxygen atoms in total. The number of nitrogens with zero attached hydrogens (tertiary/aromatic N) is 2. The van der Waals surface area contributed by atoms with Gasteiger partial charge in [0.1, 0.15) is 36.9 Å². The van der Waals surface area contributed by atoms with E-state index >= 15 is 0 Å². The van der Waals surface area contributed by atoms with Crippen molar-refractivity contribution in [1.29, 1.82) is 0 Å². The fourth-order valence-corrected chi connectivity index (χ4v) is 10.3. The summed E-state index contributed by atoms with van der Waals surface area (Å²) in [4.78, 5) is 30.8. The lowest BCUT2D eigenvalue weighted by atomic mass is 9.89. The molecule has 2 fully saturated rings. The molecule has 0 spiro atoms. The number of halogens is 4. The Morgan fingerprint density at radius 3 is 1.22 bits per heavy atom. The number of ether oxygens (including phenoxy) is 6. The van der Waals surface area contributed by atoms with Crippen LogP contribution in [0.25, 0.3) is 0 Å². The van der Waals surface area contributed by atoms with Gasteiger partial charge in [-0.05, 0) is 131 Å². The van der Waals surface area contributed by atoms with Crippen LogP contribution in [0.2, 0.25) is 20.1 Å². The number of carbonyl (C=O) groups excluding carboxylic acids is 2. The first-order chi connectivity index (χ1) is 35.6. The van der Waals surface area contributed by atoms with E-state index in [0.29, 0.717) is 46.5 Å². The van der Waals surface area contributed by atoms with Gasteiger partial charge < -0.3 is 38.2 Å². The highest BCUT2D eigenvalue weighted by atomic mass is 35.5. The second-order valence-electron chi connectivity index (χ2n) is 19.4. The number of carbonyl (C=O) groups is 2. The van der Waals surface area contributed by atoms with Crippen LogP contribution in [0.1, 0.15) is 96.5 Å². The third kappa shape index (κ3) is 14.2. The van der Waals surface area contributed by atoms with Crippen molar-refractivity contribution in [3.05, 3.63) is 198 Å². The average Bonchev–Trinajstić information content (AvgIpc) is 3.38. The number of methoxy groups -OCH3 is 2. The monoisotopic (exact) mass is 1080 g/mol. The van der Waals surface area contributed by atoms with E-state index in [4.69, 9.17) is 74.8 Å². The molecule has 2 aliphatic rings. The molecule has 6 atom stereocenters. The van der Waals surface area contributed by atoms with Gasteiger partial charge in [-0.1, -0.05) is 147 Å². The maximum absolute atomic E-state index is 13.5. The molecule has 0 bridgehead atoms. The summed E-state index contributed by atoms with van der Waals surface area (Å²) >= 11 is 25.1. The molecule has 0 aromatic heterocycles. The summed E-state index contributed by atoms with van der Waals surface area (Å²) in [7, 11) is 3.33. The lowest BCUT2D eigenvalue weighted by Crippen LogP contribution is -2.54. The maximum Gasteiger partial charge on any atom is 0.249 e. The van der Waals surface area contributed by atoms with Gasteiger partial charge in [0.05, 0.1) is 64.8 Å². The van der Waals surface area contributed by atoms with Crippen LogP contribution < -0.4 is 9.47 Å². The van der Waals surface area contributed by atoms with Crippen LogP contribution >= 0.6 is 46.4 Å². The topological polar surface area (TPSA) is 96.0 Å². The van der Waals surface area contributed by atoms with Gasteiger partial charge in [-0.25, -0.2) is 0 Å². The van der Waals surface area contributed by atoms with Gasteiger partial charge in [0.2, 0.25) is 11.8 Å². The first-order valence-electron chi connectivity index (χ1n) is 24.9. The number of amides is 2. The van der Waals surface area contributed by atoms with Crippen LogP contribution in [-0.4, -0.2) is 74.3 Å². The Kier molecular flexibility index (Phi) is 20.3. The van der Waals surface area contributed by atoms with Crippen LogP contribution in [0, 0.1) is 25.7 Å². The normalized spacial score (nSPS) is 18.8. The first-order valence-corrected chi connectivity index (χ1v) is 26.4. The summed E-state index contributed by atoms with van der Waals surface area (Å²) in [5.41, 5.74) is 7.90. The van der Waals surface area contributed by atoms with Gasteiger partial charge in [-0.2, -0.15) is 0 Å². The van der Waals surface area contributed by atoms with E-state index < -0.39 is 0 Å². The minimum absolute atomic E-state index is 0.0142. The number of rotatable bonds is 18. The number of aryl methyl sites for hydroxylation is 2. The zero-order chi connectivity index (χ0) is 53.1. The largest absolute Gasteiger partial charge is 0.496 e. The SMILES string of the molecule is COc1cc(COC[C@@H](C(C)C)N2C(=O)CO[C@H](c3cccc(Cl)c3)C2c2ccc(Cl)cc2)ccc1C.COc1cc(COC[C@H](C(C)C)N2C(=O)CO[C@H](c3cccc(Cl)c3)C2c2ccc(Cl)cc2)ccc1C. The molecule has 392 valence electrons. The molecular formula is C60H66Cl4N2O8. The number of hydrogen-bond acceptors (Lipinski definition) is 8. The molecular weight excluding hydrogens is 1020 g/mol. The van der Waals surface area contributed by atoms with Crippen molar-refractivity contribution in [2.45, 2.75) is 91.1 Å². The molecule has 2 amide bonds. The molecule has 2 saturated heterocycles. The highest BCUT2D eigenvalue weighted by Gasteiger charge is 2.45. The fourth-order valence-electron chi connectivity index (χ4n) is 9.64. The van der Waals surface area contributed by atoms with Crippen molar-refractivity contribution in [3.63, 3.8) is 0 Å². The molecule has 2 heterocycles. The highest BCUT2D eigenvalue weighted by molar-refractivity contribution is 6.31. The summed E-state index contributed by atoms with van der Waals surface area (Å²) < 4.78 is 35.7. The highest BCUT2D eigenvalue weighted by Crippen LogP contribution is 2.45. The summed E-state index contributed by atoms with van der Waals surface area (Å²) in [5, 5.41) is 2.51. The number of morpholine rings is 2. The van der Waals surface area contributed by atoms with Gasteiger partial charge in [0, 0.05) is 20.1 Å². The average molecular weight is 1090 g/mol. The summed E-state index contributed by atoms with van der Waals surface area (Å²) in [6, 6.07) is 41.4. The minimum Gasteiger partial charge on any atom is -0.496 e. The molecule has 74 heavy (non-hydrogen) atoms. The van der Waals surface area contributed by atoms with Crippen molar-refractivity contribution in [2.75, 3.05) is 40.6 Å². The molecule has 2 unspecified atom stereocenters. The molecule has 2 aliphatic heterocycles. The van der Waals surface area contributed by atoms with E-state index in [1.165, 1.54) is 0 Å². The summed E-state index contributed by atoms with van der Waals surface area (Å²) in [6.45, 7) is 14.0. The lowest BCUT2D eigenvalue weighted by molar-refractivity contribution is -0.168. The third-order valence-electron chi connectivity index (χ3n) is 13.6. The lowest BCUT2D eigenvalue weighted by Gasteiger charge is -2.46. The van der Waals surface area contributed by atoms with Crippen LogP contribution in [0.5, 0.6) is 11.5 Å². The van der Waals surface area contributed by atoms with E-state index in [1.54, 1.807) is 14.2 Å². The Hall–Kier alpha value is -5.14. The van der Waals surface area contributed by atoms with Crippen LogP contribution in [0.3, 0.4) is 0 Å². The zero-order valence-electron chi connectivity index (χ0n) is 43.2. The van der Waals surface area contributed by atoms with Crippen molar-refractivity contribution >= 4 is 58.2 Å². The van der Waals surface area contributed by atoms with E-state index in [2.05, 4.69) is 27.7 Å². The molecule has 0 aliphatic carbocycles. The standard InChI is InChI=1S/2C30H33Cl2NO4/c2*1-19(2)26(17-36-16-21-9-8-20(3)27(14-21)35-4)33-28(34)18-37-30(23-6-5-7-25(32)15-23)29(33)22-10-12-24(31)13-11-22/h2*5-15,19,26,29-30H,16-18H2,1-4H3/t26-,29?,30+;26-,29?,30-/m01/s1. The van der Waals surface area contributed by atoms with E-state index in [-0.39, 0.29) is 73.2 Å². The van der Waals surface area contributed by atoms with Crippen molar-refractivity contribution in [2.24, 2.45) is 11.8 Å². The van der Waals surface area contributed by atoms with Crippen LogP contribution in [0.15, 0.2) is 133 Å². The smallest absolute Gasteiger partial charge is 0.249 e. The summed E-state index contributed by atoms with van der Waals surface area (Å²) in [5.74, 6) is 1.80. The molecule has 0 radical (unpaired) electrons. The predicted octanol–water partition coefficient (Wildman–Crippen LogP) is 14.4. The van der Waals surface area contributed by atoms with Crippen molar-refractivity contribution in [1.82, 2.24) is 9.80 Å². The van der Waals surface area contributed by atoms with Crippen molar-refractivity contribution < 1.29 is 38.0 Å². The second-order valence-corrected chi connectivity index (χ2v) is 21.2. The first kappa shape index (κ1) is 56.6. The van der Waals surface area contributed by atoms with Crippen LogP contribution in [0.4, 0.5) is 0 Å². The molecule has 14 heteroatoms. The fraction of sp³-hybridized carbons (Fsp3) is 0.367. The van der Waals surface area contributed by atoms with E-state index in [9.17, 15) is 9.59 Å². The Morgan fingerprint density at radius 2 is 0.878 bits per heavy atom. The number of benzene rings is 6. The Bertz CT molecular complexity index is 2620. The van der Waals surface area contributed by atoms with E-state index in [1.807, 2.05) is 157 Å². The van der Waals surface area contributed by atoms with Gasteiger partial charge >= 0.3 is 0 Å². The molecule has 8 rings (SSSR count). The Morgan fingerprint density at radius 1 is 0.500 bits per heavy atom. The Balaban J connectivity index is 0.000000216. The minimum atomic E-state index is -0.389. The molecule has 6 aromatic carbocycles. The predicted molar refractivity (Wildman–Crippen MR) is 294 cm³/mol. The zero-order valence-corrected chi connectivity index (χ0v) is 46.3. The van der Waals surface area contributed by atoms with Crippen molar-refractivity contribution in [3.8, 4) is 11.5 Å². The molecule has 6 aromatic rings. The Labute approximate surface area is 456 Å². The van der Waals surface area contributed by atoms with Gasteiger partial charge in [0.25, 0.3) is 0 Å². The number of hydrogen-bond donors (Lipinski definition) is 0. The van der Waals surface area contributed by atoms with Crippen LogP contribution in [-0.2, 0) is 41.8 Å². The maximum atomic E-state index is 13.5. The van der Waals surface area contributed by atoms with E-state index in [0.717, 1.165) is 56.0 Å². The molecule has 0 saturated carbocycles. The quantitative estimate of drug-likeness (QED) is 0.0840. The summed E-state index contributed by atoms with van der Waals surface area (Å²) in [6.07, 6.45) is -0.777. The van der Waals surface area contributed by atoms with Gasteiger partial charge in [0.15, 0.2) is 0 Å². The van der Waals surface area contributed by atoms with Gasteiger partial charge in [-0.3, -0.25) is 9.59 Å². The van der Waals surface area contributed by atoms with Gasteiger partial charge in [-0.15, -0.1) is 0 Å².